The third-order valence-corrected chi connectivity index (χ3v) is 13.5. The molecule has 2 nitrogen and oxygen atoms in total. The van der Waals surface area contributed by atoms with Crippen LogP contribution < -0.4 is 10.6 Å². The summed E-state index contributed by atoms with van der Waals surface area (Å²) in [5.41, 5.74) is 19.8. The van der Waals surface area contributed by atoms with E-state index in [2.05, 4.69) is 229 Å². The van der Waals surface area contributed by atoms with Crippen LogP contribution in [0, 0.1) is 0 Å². The van der Waals surface area contributed by atoms with Crippen molar-refractivity contribution in [1.82, 2.24) is 10.6 Å². The van der Waals surface area contributed by atoms with Crippen molar-refractivity contribution in [3.05, 3.63) is 274 Å². The molecule has 2 unspecified atom stereocenters. The maximum Gasteiger partial charge on any atom is 0.0920 e. The van der Waals surface area contributed by atoms with Gasteiger partial charge in [0, 0.05) is 11.4 Å². The van der Waals surface area contributed by atoms with Crippen LogP contribution >= 0.6 is 0 Å². The summed E-state index contributed by atoms with van der Waals surface area (Å²) in [6.07, 6.45) is 22.5. The number of fused-ring (bicyclic) bond motifs is 7. The number of benzene rings is 7. The van der Waals surface area contributed by atoms with Gasteiger partial charge < -0.3 is 10.6 Å². The van der Waals surface area contributed by atoms with Crippen LogP contribution in [0.4, 0.5) is 0 Å². The molecule has 61 heavy (non-hydrogen) atoms. The Kier molecular flexibility index (Phi) is 8.38. The number of dihydropyridines is 2. The molecule has 290 valence electrons. The molecule has 7 aromatic carbocycles. The fraction of sp³-hybridized carbons (Fsp3) is 0.0847. The molecule has 0 fully saturated rings. The van der Waals surface area contributed by atoms with Gasteiger partial charge in [-0.05, 0) is 126 Å². The Labute approximate surface area is 358 Å². The largest absolute Gasteiger partial charge is 0.376 e. The van der Waals surface area contributed by atoms with E-state index in [1.54, 1.807) is 0 Å². The van der Waals surface area contributed by atoms with Crippen molar-refractivity contribution in [2.24, 2.45) is 0 Å². The maximum atomic E-state index is 3.96. The van der Waals surface area contributed by atoms with Crippen LogP contribution in [0.2, 0.25) is 0 Å². The number of hydrogen-bond acceptors (Lipinski definition) is 2. The molecule has 2 atom stereocenters. The zero-order valence-electron chi connectivity index (χ0n) is 33.9. The molecule has 2 heteroatoms. The van der Waals surface area contributed by atoms with Crippen LogP contribution in [0.5, 0.6) is 0 Å². The Bertz CT molecular complexity index is 3080. The monoisotopic (exact) mass is 780 g/mol. The zero-order chi connectivity index (χ0) is 40.3. The van der Waals surface area contributed by atoms with Gasteiger partial charge in [0.15, 0.2) is 0 Å². The Balaban J connectivity index is 1.00. The number of nitrogens with one attached hydrogen (secondary N) is 2. The van der Waals surface area contributed by atoms with Gasteiger partial charge in [-0.3, -0.25) is 0 Å². The third-order valence-electron chi connectivity index (χ3n) is 13.5. The van der Waals surface area contributed by atoms with Crippen LogP contribution in [-0.2, 0) is 5.41 Å². The van der Waals surface area contributed by atoms with Crippen LogP contribution in [0.3, 0.4) is 0 Å². The molecule has 7 aromatic rings. The van der Waals surface area contributed by atoms with Crippen molar-refractivity contribution in [2.75, 3.05) is 0 Å². The summed E-state index contributed by atoms with van der Waals surface area (Å²) in [5, 5.41) is 10.4. The summed E-state index contributed by atoms with van der Waals surface area (Å²) in [6.45, 7) is 0. The van der Waals surface area contributed by atoms with E-state index < -0.39 is 5.41 Å². The van der Waals surface area contributed by atoms with E-state index in [4.69, 9.17) is 0 Å². The van der Waals surface area contributed by atoms with Crippen LogP contribution in [0.15, 0.2) is 235 Å². The van der Waals surface area contributed by atoms with E-state index in [0.29, 0.717) is 0 Å². The molecule has 0 saturated carbocycles. The average Bonchev–Trinajstić information content (AvgIpc) is 3.66. The lowest BCUT2D eigenvalue weighted by Crippen LogP contribution is -2.42. The summed E-state index contributed by atoms with van der Waals surface area (Å²) in [5.74, 6) is 0. The van der Waals surface area contributed by atoms with E-state index in [-0.39, 0.29) is 12.1 Å². The molecule has 3 aliphatic carbocycles. The minimum Gasteiger partial charge on any atom is -0.376 e. The predicted octanol–water partition coefficient (Wildman–Crippen LogP) is 13.6. The van der Waals surface area contributed by atoms with E-state index in [1.807, 2.05) is 0 Å². The van der Waals surface area contributed by atoms with Crippen LogP contribution in [0.25, 0.3) is 44.3 Å². The molecule has 0 radical (unpaired) electrons. The molecule has 0 spiro atoms. The number of rotatable bonds is 6. The maximum absolute atomic E-state index is 3.96. The quantitative estimate of drug-likeness (QED) is 0.176. The number of hydrogen-bond donors (Lipinski definition) is 2. The molecule has 5 aliphatic rings. The second-order valence-corrected chi connectivity index (χ2v) is 16.8. The van der Waals surface area contributed by atoms with Gasteiger partial charge in [-0.15, -0.1) is 0 Å². The third kappa shape index (κ3) is 5.70. The Morgan fingerprint density at radius 3 is 2.08 bits per heavy atom. The Hall–Kier alpha value is -7.42. The zero-order valence-corrected chi connectivity index (χ0v) is 33.9. The van der Waals surface area contributed by atoms with E-state index in [1.165, 1.54) is 94.4 Å². The van der Waals surface area contributed by atoms with Crippen molar-refractivity contribution in [1.29, 1.82) is 0 Å². The molecule has 0 amide bonds. The minimum absolute atomic E-state index is 0.0365. The van der Waals surface area contributed by atoms with E-state index in [9.17, 15) is 0 Å². The second-order valence-electron chi connectivity index (χ2n) is 16.8. The lowest BCUT2D eigenvalue weighted by Gasteiger charge is -2.36. The van der Waals surface area contributed by atoms with Crippen molar-refractivity contribution >= 4 is 22.0 Å². The highest BCUT2D eigenvalue weighted by Crippen LogP contribution is 2.60. The van der Waals surface area contributed by atoms with Gasteiger partial charge in [0.05, 0.1) is 17.5 Å². The van der Waals surface area contributed by atoms with Gasteiger partial charge in [0.2, 0.25) is 0 Å². The highest BCUT2D eigenvalue weighted by Gasteiger charge is 2.48. The molecule has 2 heterocycles. The van der Waals surface area contributed by atoms with Crippen LogP contribution in [0.1, 0.15) is 57.8 Å². The molecular formula is C59H44N2. The summed E-state index contributed by atoms with van der Waals surface area (Å²) in [4.78, 5) is 0. The smallest absolute Gasteiger partial charge is 0.0920 e. The van der Waals surface area contributed by atoms with Crippen molar-refractivity contribution in [3.8, 4) is 22.3 Å². The molecule has 2 N–H and O–H groups in total. The molecule has 0 saturated heterocycles. The normalized spacial score (nSPS) is 19.1. The average molecular weight is 781 g/mol. The number of allylic oxidation sites excluding steroid dienone is 9. The molecule has 0 bridgehead atoms. The molecule has 2 aliphatic heterocycles. The van der Waals surface area contributed by atoms with Gasteiger partial charge in [-0.2, -0.15) is 0 Å². The van der Waals surface area contributed by atoms with Crippen molar-refractivity contribution in [2.45, 2.75) is 30.3 Å². The summed E-state index contributed by atoms with van der Waals surface area (Å²) in [6, 6.07) is 61.2. The Morgan fingerprint density at radius 2 is 1.30 bits per heavy atom. The highest BCUT2D eigenvalue weighted by atomic mass is 15.0. The van der Waals surface area contributed by atoms with Gasteiger partial charge in [-0.1, -0.05) is 194 Å². The van der Waals surface area contributed by atoms with Gasteiger partial charge >= 0.3 is 0 Å². The fourth-order valence-corrected chi connectivity index (χ4v) is 10.7. The fourth-order valence-electron chi connectivity index (χ4n) is 10.7. The first-order valence-corrected chi connectivity index (χ1v) is 21.6. The summed E-state index contributed by atoms with van der Waals surface area (Å²) < 4.78 is 0. The predicted molar refractivity (Wildman–Crippen MR) is 254 cm³/mol. The lowest BCUT2D eigenvalue weighted by molar-refractivity contribution is 0.613. The van der Waals surface area contributed by atoms with Crippen molar-refractivity contribution in [3.63, 3.8) is 0 Å². The SMILES string of the molecule is C1=CCCC(c2cc3ccccc3c3c2-c2ccc(-c4cccc(C5=CC=C6C=CC7=C(NC(c8ccccc8)C=C7)C6N5)c4)cc2C3(c2ccccc2)c2ccccc2)=C1. The van der Waals surface area contributed by atoms with Gasteiger partial charge in [0.25, 0.3) is 0 Å². The Morgan fingerprint density at radius 1 is 0.557 bits per heavy atom. The first-order chi connectivity index (χ1) is 30.2. The molecule has 12 rings (SSSR count). The molecular weight excluding hydrogens is 737 g/mol. The summed E-state index contributed by atoms with van der Waals surface area (Å²) >= 11 is 0. The van der Waals surface area contributed by atoms with E-state index in [0.717, 1.165) is 18.5 Å². The summed E-state index contributed by atoms with van der Waals surface area (Å²) in [7, 11) is 0. The standard InChI is InChI=1S/C59H44N2/c1-5-16-39(17-6-1)51-37-45-20-13-14-27-49(45)56-55(51)50-33-30-44(38-52(50)59(56,47-23-9-3-10-24-47)48-25-11-4-12-26-48)43-21-15-22-46(36-43)54-35-32-42-29-28-41-31-34-53(40-18-7-2-8-19-40)60-57(41)58(42)61-54/h1-5,7-16,18-38,53,58,60-61H,6,17H2. The van der Waals surface area contributed by atoms with Gasteiger partial charge in [0.1, 0.15) is 0 Å². The highest BCUT2D eigenvalue weighted by molar-refractivity contribution is 6.05. The minimum atomic E-state index is -0.547. The van der Waals surface area contributed by atoms with Crippen LogP contribution in [-0.4, -0.2) is 6.04 Å². The molecule has 0 aromatic heterocycles. The second kappa shape index (κ2) is 14.4. The van der Waals surface area contributed by atoms with E-state index >= 15 is 0 Å². The topological polar surface area (TPSA) is 24.1 Å². The van der Waals surface area contributed by atoms with Gasteiger partial charge in [-0.25, -0.2) is 0 Å². The first-order valence-electron chi connectivity index (χ1n) is 21.6. The lowest BCUT2D eigenvalue weighted by atomic mass is 9.66. The first kappa shape index (κ1) is 35.5. The van der Waals surface area contributed by atoms with Crippen molar-refractivity contribution < 1.29 is 0 Å².